The second kappa shape index (κ2) is 6.32. The fourth-order valence-electron chi connectivity index (χ4n) is 2.17. The van der Waals surface area contributed by atoms with Gasteiger partial charge in [0.25, 0.3) is 0 Å². The number of nitrogens with one attached hydrogen (secondary N) is 1. The van der Waals surface area contributed by atoms with Gasteiger partial charge in [0.1, 0.15) is 12.2 Å². The standard InChI is InChI=1S/C14H17ClN2O4/c1-14(21-7-12(18)19)8-17(9-14)13(20)16-6-10-3-2-4-11(15)5-10/h2-5H,6-9H2,1H3,(H,16,20)(H,18,19). The maximum Gasteiger partial charge on any atom is 0.329 e. The van der Waals surface area contributed by atoms with E-state index in [0.717, 1.165) is 5.56 Å². The SMILES string of the molecule is CC1(OCC(=O)O)CN(C(=O)NCc2cccc(Cl)c2)C1. The molecule has 0 spiro atoms. The summed E-state index contributed by atoms with van der Waals surface area (Å²) in [6.07, 6.45) is 0. The van der Waals surface area contributed by atoms with E-state index in [0.29, 0.717) is 24.7 Å². The number of urea groups is 1. The Bertz CT molecular complexity index is 544. The molecular weight excluding hydrogens is 296 g/mol. The number of hydrogen-bond donors (Lipinski definition) is 2. The first-order chi connectivity index (χ1) is 9.88. The van der Waals surface area contributed by atoms with Crippen LogP contribution in [0.15, 0.2) is 24.3 Å². The summed E-state index contributed by atoms with van der Waals surface area (Å²) in [4.78, 5) is 24.0. The van der Waals surface area contributed by atoms with E-state index >= 15 is 0 Å². The van der Waals surface area contributed by atoms with Gasteiger partial charge in [0.2, 0.25) is 0 Å². The van der Waals surface area contributed by atoms with Gasteiger partial charge in [-0.3, -0.25) is 0 Å². The average Bonchev–Trinajstić information content (AvgIpc) is 2.39. The summed E-state index contributed by atoms with van der Waals surface area (Å²) < 4.78 is 5.25. The summed E-state index contributed by atoms with van der Waals surface area (Å²) in [6.45, 7) is 2.58. The molecule has 0 bridgehead atoms. The molecule has 0 aromatic heterocycles. The van der Waals surface area contributed by atoms with Crippen molar-refractivity contribution in [1.29, 1.82) is 0 Å². The highest BCUT2D eigenvalue weighted by molar-refractivity contribution is 6.30. The highest BCUT2D eigenvalue weighted by atomic mass is 35.5. The van der Waals surface area contributed by atoms with Crippen LogP contribution in [0.3, 0.4) is 0 Å². The molecule has 1 saturated heterocycles. The van der Waals surface area contributed by atoms with Gasteiger partial charge in [-0.15, -0.1) is 0 Å². The second-order valence-corrected chi connectivity index (χ2v) is 5.71. The first-order valence-corrected chi connectivity index (χ1v) is 6.89. The van der Waals surface area contributed by atoms with E-state index in [1.54, 1.807) is 24.0 Å². The van der Waals surface area contributed by atoms with Gasteiger partial charge in [0, 0.05) is 11.6 Å². The minimum atomic E-state index is -1.01. The summed E-state index contributed by atoms with van der Waals surface area (Å²) in [5.74, 6) is -1.01. The van der Waals surface area contributed by atoms with E-state index in [1.165, 1.54) is 0 Å². The van der Waals surface area contributed by atoms with E-state index in [1.807, 2.05) is 12.1 Å². The topological polar surface area (TPSA) is 78.9 Å². The molecule has 1 aromatic carbocycles. The van der Waals surface area contributed by atoms with Gasteiger partial charge in [-0.05, 0) is 24.6 Å². The Morgan fingerprint density at radius 2 is 2.19 bits per heavy atom. The molecule has 1 fully saturated rings. The third-order valence-electron chi connectivity index (χ3n) is 3.21. The fraction of sp³-hybridized carbons (Fsp3) is 0.429. The van der Waals surface area contributed by atoms with Crippen LogP contribution < -0.4 is 5.32 Å². The lowest BCUT2D eigenvalue weighted by Gasteiger charge is -2.46. The summed E-state index contributed by atoms with van der Waals surface area (Å²) in [5, 5.41) is 12.0. The van der Waals surface area contributed by atoms with Crippen molar-refractivity contribution in [3.05, 3.63) is 34.9 Å². The Labute approximate surface area is 127 Å². The van der Waals surface area contributed by atoms with Gasteiger partial charge in [-0.25, -0.2) is 9.59 Å². The number of carbonyl (C=O) groups excluding carboxylic acids is 1. The molecule has 114 valence electrons. The Morgan fingerprint density at radius 1 is 1.48 bits per heavy atom. The van der Waals surface area contributed by atoms with Crippen LogP contribution in [0.2, 0.25) is 5.02 Å². The average molecular weight is 313 g/mol. The molecule has 1 aliphatic heterocycles. The zero-order chi connectivity index (χ0) is 15.5. The highest BCUT2D eigenvalue weighted by Gasteiger charge is 2.42. The number of carboxylic acids is 1. The van der Waals surface area contributed by atoms with Crippen LogP contribution >= 0.6 is 11.6 Å². The summed E-state index contributed by atoms with van der Waals surface area (Å²) in [6, 6.07) is 7.06. The van der Waals surface area contributed by atoms with Crippen molar-refractivity contribution in [2.24, 2.45) is 0 Å². The molecule has 1 aromatic rings. The number of hydrogen-bond acceptors (Lipinski definition) is 3. The second-order valence-electron chi connectivity index (χ2n) is 5.28. The molecule has 1 aliphatic rings. The molecule has 0 radical (unpaired) electrons. The largest absolute Gasteiger partial charge is 0.480 e. The molecule has 0 atom stereocenters. The van der Waals surface area contributed by atoms with E-state index in [2.05, 4.69) is 5.32 Å². The van der Waals surface area contributed by atoms with Gasteiger partial charge in [-0.1, -0.05) is 23.7 Å². The zero-order valence-corrected chi connectivity index (χ0v) is 12.4. The number of halogens is 1. The number of aliphatic carboxylic acids is 1. The quantitative estimate of drug-likeness (QED) is 0.868. The van der Waals surface area contributed by atoms with Crippen molar-refractivity contribution in [2.75, 3.05) is 19.7 Å². The van der Waals surface area contributed by atoms with Crippen LogP contribution in [-0.4, -0.2) is 47.3 Å². The predicted molar refractivity (Wildman–Crippen MR) is 77.3 cm³/mol. The molecule has 0 aliphatic carbocycles. The monoisotopic (exact) mass is 312 g/mol. The third-order valence-corrected chi connectivity index (χ3v) is 3.45. The maximum atomic E-state index is 11.9. The molecule has 2 rings (SSSR count). The molecule has 1 heterocycles. The van der Waals surface area contributed by atoms with E-state index < -0.39 is 11.6 Å². The molecule has 0 unspecified atom stereocenters. The molecule has 7 heteroatoms. The van der Waals surface area contributed by atoms with E-state index in [9.17, 15) is 9.59 Å². The predicted octanol–water partition coefficient (Wildman–Crippen LogP) is 1.73. The minimum absolute atomic E-state index is 0.202. The van der Waals surface area contributed by atoms with Crippen molar-refractivity contribution in [2.45, 2.75) is 19.1 Å². The lowest BCUT2D eigenvalue weighted by Crippen LogP contribution is -2.65. The number of benzene rings is 1. The third kappa shape index (κ3) is 4.34. The van der Waals surface area contributed by atoms with Crippen LogP contribution in [0.1, 0.15) is 12.5 Å². The fourth-order valence-corrected chi connectivity index (χ4v) is 2.38. The van der Waals surface area contributed by atoms with Crippen molar-refractivity contribution in [1.82, 2.24) is 10.2 Å². The van der Waals surface area contributed by atoms with Crippen LogP contribution in [0.4, 0.5) is 4.79 Å². The van der Waals surface area contributed by atoms with Crippen LogP contribution in [0.25, 0.3) is 0 Å². The van der Waals surface area contributed by atoms with Gasteiger partial charge in [0.05, 0.1) is 13.1 Å². The van der Waals surface area contributed by atoms with Crippen molar-refractivity contribution in [3.63, 3.8) is 0 Å². The van der Waals surface area contributed by atoms with Gasteiger partial charge in [-0.2, -0.15) is 0 Å². The molecule has 2 amide bonds. The van der Waals surface area contributed by atoms with Crippen molar-refractivity contribution in [3.8, 4) is 0 Å². The van der Waals surface area contributed by atoms with Crippen molar-refractivity contribution >= 4 is 23.6 Å². The summed E-state index contributed by atoms with van der Waals surface area (Å²) in [7, 11) is 0. The number of carbonyl (C=O) groups is 2. The summed E-state index contributed by atoms with van der Waals surface area (Å²) in [5.41, 5.74) is 0.340. The van der Waals surface area contributed by atoms with Crippen LogP contribution in [-0.2, 0) is 16.1 Å². The lowest BCUT2D eigenvalue weighted by molar-refractivity contribution is -0.159. The first kappa shape index (κ1) is 15.6. The highest BCUT2D eigenvalue weighted by Crippen LogP contribution is 2.24. The number of rotatable bonds is 5. The summed E-state index contributed by atoms with van der Waals surface area (Å²) >= 11 is 5.87. The lowest BCUT2D eigenvalue weighted by atomic mass is 9.97. The molecule has 21 heavy (non-hydrogen) atoms. The van der Waals surface area contributed by atoms with Crippen LogP contribution in [0.5, 0.6) is 0 Å². The molecule has 2 N–H and O–H groups in total. The minimum Gasteiger partial charge on any atom is -0.480 e. The Balaban J connectivity index is 1.75. The maximum absolute atomic E-state index is 11.9. The number of nitrogens with zero attached hydrogens (tertiary/aromatic N) is 1. The Kier molecular flexibility index (Phi) is 4.69. The van der Waals surface area contributed by atoms with Crippen LogP contribution in [0, 0.1) is 0 Å². The van der Waals surface area contributed by atoms with Gasteiger partial charge in [0.15, 0.2) is 0 Å². The number of ether oxygens (including phenoxy) is 1. The molecule has 6 nitrogen and oxygen atoms in total. The van der Waals surface area contributed by atoms with E-state index in [4.69, 9.17) is 21.4 Å². The Morgan fingerprint density at radius 3 is 2.81 bits per heavy atom. The molecule has 0 saturated carbocycles. The van der Waals surface area contributed by atoms with E-state index in [-0.39, 0.29) is 12.6 Å². The smallest absolute Gasteiger partial charge is 0.329 e. The Hall–Kier alpha value is -1.79. The van der Waals surface area contributed by atoms with Crippen molar-refractivity contribution < 1.29 is 19.4 Å². The number of likely N-dealkylation sites (tertiary alicyclic amines) is 1. The van der Waals surface area contributed by atoms with Gasteiger partial charge < -0.3 is 20.1 Å². The zero-order valence-electron chi connectivity index (χ0n) is 11.6. The van der Waals surface area contributed by atoms with Gasteiger partial charge >= 0.3 is 12.0 Å². The first-order valence-electron chi connectivity index (χ1n) is 6.51. The molecular formula is C14H17ClN2O4. The normalized spacial score (nSPS) is 16.2. The number of carboxylic acid groups (broad SMARTS) is 1. The number of amides is 2.